The third-order valence-corrected chi connectivity index (χ3v) is 4.53. The van der Waals surface area contributed by atoms with E-state index in [-0.39, 0.29) is 36.6 Å². The van der Waals surface area contributed by atoms with Gasteiger partial charge in [-0.25, -0.2) is 4.79 Å². The van der Waals surface area contributed by atoms with Crippen LogP contribution in [-0.4, -0.2) is 41.7 Å². The molecule has 2 aromatic rings. The molecular weight excluding hydrogens is 384 g/mol. The summed E-state index contributed by atoms with van der Waals surface area (Å²) in [6.07, 6.45) is 2.51. The Balaban J connectivity index is 1.49. The molecular formula is C23H22N2O5. The van der Waals surface area contributed by atoms with E-state index < -0.39 is 5.97 Å². The summed E-state index contributed by atoms with van der Waals surface area (Å²) in [5.41, 5.74) is 1.64. The summed E-state index contributed by atoms with van der Waals surface area (Å²) in [5, 5.41) is 2.49. The molecule has 0 aliphatic carbocycles. The molecule has 0 spiro atoms. The summed E-state index contributed by atoms with van der Waals surface area (Å²) in [7, 11) is 0. The number of unbranched alkanes of at least 4 members (excludes halogenated alkanes) is 1. The van der Waals surface area contributed by atoms with E-state index in [1.54, 1.807) is 42.5 Å². The third-order valence-electron chi connectivity index (χ3n) is 4.53. The van der Waals surface area contributed by atoms with E-state index in [9.17, 15) is 19.2 Å². The fourth-order valence-corrected chi connectivity index (χ4v) is 3.11. The van der Waals surface area contributed by atoms with Gasteiger partial charge in [-0.1, -0.05) is 42.5 Å². The average Bonchev–Trinajstić information content (AvgIpc) is 2.98. The molecule has 7 nitrogen and oxygen atoms in total. The van der Waals surface area contributed by atoms with Gasteiger partial charge in [0.05, 0.1) is 17.7 Å². The number of esters is 1. The van der Waals surface area contributed by atoms with E-state index in [0.717, 1.165) is 5.56 Å². The van der Waals surface area contributed by atoms with Crippen LogP contribution in [0.15, 0.2) is 60.3 Å². The zero-order valence-corrected chi connectivity index (χ0v) is 16.6. The molecule has 0 saturated heterocycles. The summed E-state index contributed by atoms with van der Waals surface area (Å²) < 4.78 is 5.25. The second kappa shape index (κ2) is 9.65. The first-order valence-electron chi connectivity index (χ1n) is 9.64. The molecule has 7 heteroatoms. The molecule has 3 amide bonds. The third kappa shape index (κ3) is 5.00. The standard InChI is InChI=1S/C23H22N2O5/c1-16(26)24-20(15-17-9-3-2-4-10-17)23(29)30-14-8-7-13-25-21(27)18-11-5-6-12-19(18)22(25)28/h2-6,9-12,15H,7-8,13-14H2,1H3,(H,24,26)/b20-15-. The molecule has 1 N–H and O–H groups in total. The highest BCUT2D eigenvalue weighted by Gasteiger charge is 2.34. The maximum atomic E-state index is 12.3. The number of carbonyl (C=O) groups is 4. The van der Waals surface area contributed by atoms with Gasteiger partial charge in [0.1, 0.15) is 5.70 Å². The second-order valence-electron chi connectivity index (χ2n) is 6.80. The molecule has 30 heavy (non-hydrogen) atoms. The van der Waals surface area contributed by atoms with Gasteiger partial charge >= 0.3 is 5.97 Å². The van der Waals surface area contributed by atoms with Crippen LogP contribution in [0.3, 0.4) is 0 Å². The molecule has 1 aliphatic rings. The van der Waals surface area contributed by atoms with Crippen LogP contribution in [0, 0.1) is 0 Å². The quantitative estimate of drug-likeness (QED) is 0.315. The summed E-state index contributed by atoms with van der Waals surface area (Å²) in [4.78, 5) is 49.6. The Labute approximate surface area is 174 Å². The van der Waals surface area contributed by atoms with Gasteiger partial charge < -0.3 is 10.1 Å². The number of nitrogens with one attached hydrogen (secondary N) is 1. The van der Waals surface area contributed by atoms with Crippen molar-refractivity contribution < 1.29 is 23.9 Å². The minimum absolute atomic E-state index is 0.0500. The molecule has 0 radical (unpaired) electrons. The van der Waals surface area contributed by atoms with Crippen LogP contribution in [0.5, 0.6) is 0 Å². The number of nitrogens with zero attached hydrogens (tertiary/aromatic N) is 1. The molecule has 0 saturated carbocycles. The lowest BCUT2D eigenvalue weighted by Gasteiger charge is -2.14. The second-order valence-corrected chi connectivity index (χ2v) is 6.80. The van der Waals surface area contributed by atoms with Crippen molar-refractivity contribution in [3.05, 3.63) is 77.0 Å². The topological polar surface area (TPSA) is 92.8 Å². The number of amides is 3. The number of rotatable bonds is 8. The molecule has 154 valence electrons. The van der Waals surface area contributed by atoms with Crippen molar-refractivity contribution in [2.45, 2.75) is 19.8 Å². The van der Waals surface area contributed by atoms with Crippen LogP contribution in [0.2, 0.25) is 0 Å². The maximum Gasteiger partial charge on any atom is 0.354 e. The smallest absolute Gasteiger partial charge is 0.354 e. The molecule has 1 aliphatic heterocycles. The Morgan fingerprint density at radius 2 is 1.53 bits per heavy atom. The van der Waals surface area contributed by atoms with Crippen LogP contribution in [0.1, 0.15) is 46.0 Å². The van der Waals surface area contributed by atoms with Gasteiger partial charge in [0.15, 0.2) is 0 Å². The normalized spacial score (nSPS) is 13.2. The van der Waals surface area contributed by atoms with E-state index in [1.165, 1.54) is 11.8 Å². The number of carbonyl (C=O) groups excluding carboxylic acids is 4. The monoisotopic (exact) mass is 406 g/mol. The van der Waals surface area contributed by atoms with Crippen molar-refractivity contribution in [3.8, 4) is 0 Å². The highest BCUT2D eigenvalue weighted by atomic mass is 16.5. The molecule has 1 heterocycles. The molecule has 0 bridgehead atoms. The first-order valence-corrected chi connectivity index (χ1v) is 9.64. The lowest BCUT2D eigenvalue weighted by atomic mass is 10.1. The van der Waals surface area contributed by atoms with Crippen molar-refractivity contribution in [2.75, 3.05) is 13.2 Å². The van der Waals surface area contributed by atoms with E-state index in [2.05, 4.69) is 5.32 Å². The molecule has 2 aromatic carbocycles. The predicted octanol–water partition coefficient (Wildman–Crippen LogP) is 2.78. The first kappa shape index (κ1) is 21.0. The van der Waals surface area contributed by atoms with Gasteiger partial charge in [0.2, 0.25) is 5.91 Å². The van der Waals surface area contributed by atoms with Crippen molar-refractivity contribution in [1.29, 1.82) is 0 Å². The number of hydrogen-bond donors (Lipinski definition) is 1. The van der Waals surface area contributed by atoms with Crippen LogP contribution in [-0.2, 0) is 14.3 Å². The summed E-state index contributed by atoms with van der Waals surface area (Å²) >= 11 is 0. The minimum Gasteiger partial charge on any atom is -0.461 e. The van der Waals surface area contributed by atoms with Crippen LogP contribution >= 0.6 is 0 Å². The molecule has 0 fully saturated rings. The highest BCUT2D eigenvalue weighted by molar-refractivity contribution is 6.21. The Hall–Kier alpha value is -3.74. The predicted molar refractivity (Wildman–Crippen MR) is 110 cm³/mol. The molecule has 0 unspecified atom stereocenters. The summed E-state index contributed by atoms with van der Waals surface area (Å²) in [6, 6.07) is 15.8. The van der Waals surface area contributed by atoms with Gasteiger partial charge in [-0.15, -0.1) is 0 Å². The number of ether oxygens (including phenoxy) is 1. The molecule has 0 atom stereocenters. The van der Waals surface area contributed by atoms with Crippen molar-refractivity contribution in [1.82, 2.24) is 10.2 Å². The number of benzene rings is 2. The zero-order valence-electron chi connectivity index (χ0n) is 16.6. The van der Waals surface area contributed by atoms with Gasteiger partial charge in [0.25, 0.3) is 11.8 Å². The van der Waals surface area contributed by atoms with E-state index >= 15 is 0 Å². The minimum atomic E-state index is -0.644. The van der Waals surface area contributed by atoms with Gasteiger partial charge in [-0.3, -0.25) is 19.3 Å². The van der Waals surface area contributed by atoms with Crippen LogP contribution < -0.4 is 5.32 Å². The SMILES string of the molecule is CC(=O)N/C(=C\c1ccccc1)C(=O)OCCCCN1C(=O)c2ccccc2C1=O. The molecule has 3 rings (SSSR count). The fourth-order valence-electron chi connectivity index (χ4n) is 3.11. The van der Waals surface area contributed by atoms with E-state index in [1.807, 2.05) is 18.2 Å². The largest absolute Gasteiger partial charge is 0.461 e. The van der Waals surface area contributed by atoms with E-state index in [4.69, 9.17) is 4.74 Å². The molecule has 0 aromatic heterocycles. The Morgan fingerprint density at radius 1 is 0.933 bits per heavy atom. The zero-order chi connectivity index (χ0) is 21.5. The van der Waals surface area contributed by atoms with E-state index in [0.29, 0.717) is 24.0 Å². The number of hydrogen-bond acceptors (Lipinski definition) is 5. The Morgan fingerprint density at radius 3 is 2.13 bits per heavy atom. The number of fused-ring (bicyclic) bond motifs is 1. The fraction of sp³-hybridized carbons (Fsp3) is 0.217. The summed E-state index contributed by atoms with van der Waals surface area (Å²) in [5.74, 6) is -1.62. The number of imide groups is 1. The van der Waals surface area contributed by atoms with Crippen molar-refractivity contribution >= 4 is 29.8 Å². The first-order chi connectivity index (χ1) is 14.5. The average molecular weight is 406 g/mol. The van der Waals surface area contributed by atoms with Gasteiger partial charge in [-0.05, 0) is 36.6 Å². The van der Waals surface area contributed by atoms with Crippen LogP contribution in [0.4, 0.5) is 0 Å². The van der Waals surface area contributed by atoms with Crippen molar-refractivity contribution in [3.63, 3.8) is 0 Å². The van der Waals surface area contributed by atoms with Crippen molar-refractivity contribution in [2.24, 2.45) is 0 Å². The highest BCUT2D eigenvalue weighted by Crippen LogP contribution is 2.22. The summed E-state index contributed by atoms with van der Waals surface area (Å²) in [6.45, 7) is 1.67. The Bertz CT molecular complexity index is 963. The lowest BCUT2D eigenvalue weighted by Crippen LogP contribution is -2.31. The van der Waals surface area contributed by atoms with Gasteiger partial charge in [0, 0.05) is 13.5 Å². The van der Waals surface area contributed by atoms with Gasteiger partial charge in [-0.2, -0.15) is 0 Å². The Kier molecular flexibility index (Phi) is 6.75. The van der Waals surface area contributed by atoms with Crippen LogP contribution in [0.25, 0.3) is 6.08 Å². The lowest BCUT2D eigenvalue weighted by molar-refractivity contribution is -0.140. The maximum absolute atomic E-state index is 12.3.